The number of amides is 2. The minimum atomic E-state index is -0.399. The topological polar surface area (TPSA) is 70.4 Å². The van der Waals surface area contributed by atoms with Crippen LogP contribution in [0.3, 0.4) is 0 Å². The SMILES string of the molecule is CN(C)CCNC1CCC(NC(N)=O)CC1. The third-order valence-electron chi connectivity index (χ3n) is 3.07. The zero-order valence-corrected chi connectivity index (χ0v) is 10.3. The molecule has 0 heterocycles. The van der Waals surface area contributed by atoms with E-state index >= 15 is 0 Å². The number of hydrogen-bond donors (Lipinski definition) is 3. The van der Waals surface area contributed by atoms with Crippen molar-refractivity contribution in [1.29, 1.82) is 0 Å². The smallest absolute Gasteiger partial charge is 0.312 e. The first-order valence-electron chi connectivity index (χ1n) is 6.02. The van der Waals surface area contributed by atoms with Crippen LogP contribution in [-0.2, 0) is 0 Å². The van der Waals surface area contributed by atoms with E-state index in [9.17, 15) is 4.79 Å². The molecule has 94 valence electrons. The average molecular weight is 228 g/mol. The van der Waals surface area contributed by atoms with Crippen LogP contribution in [0.4, 0.5) is 4.79 Å². The average Bonchev–Trinajstić information content (AvgIpc) is 2.19. The molecule has 0 saturated heterocycles. The van der Waals surface area contributed by atoms with Gasteiger partial charge in [-0.05, 0) is 39.8 Å². The molecule has 0 aromatic rings. The summed E-state index contributed by atoms with van der Waals surface area (Å²) in [5, 5.41) is 6.32. The lowest BCUT2D eigenvalue weighted by Crippen LogP contribution is -2.44. The summed E-state index contributed by atoms with van der Waals surface area (Å²) in [5.74, 6) is 0. The van der Waals surface area contributed by atoms with Gasteiger partial charge in [-0.1, -0.05) is 0 Å². The molecule has 0 aromatic heterocycles. The Morgan fingerprint density at radius 2 is 1.81 bits per heavy atom. The first-order chi connectivity index (χ1) is 7.58. The van der Waals surface area contributed by atoms with Crippen LogP contribution in [0.5, 0.6) is 0 Å². The van der Waals surface area contributed by atoms with E-state index in [2.05, 4.69) is 29.6 Å². The van der Waals surface area contributed by atoms with Crippen molar-refractivity contribution >= 4 is 6.03 Å². The Hall–Kier alpha value is -0.810. The Morgan fingerprint density at radius 1 is 1.25 bits per heavy atom. The molecule has 0 aromatic carbocycles. The van der Waals surface area contributed by atoms with Crippen molar-refractivity contribution < 1.29 is 4.79 Å². The quantitative estimate of drug-likeness (QED) is 0.626. The van der Waals surface area contributed by atoms with Crippen LogP contribution in [0.2, 0.25) is 0 Å². The van der Waals surface area contributed by atoms with Crippen molar-refractivity contribution in [3.8, 4) is 0 Å². The van der Waals surface area contributed by atoms with E-state index < -0.39 is 6.03 Å². The first-order valence-corrected chi connectivity index (χ1v) is 6.02. The van der Waals surface area contributed by atoms with Gasteiger partial charge in [-0.2, -0.15) is 0 Å². The number of likely N-dealkylation sites (N-methyl/N-ethyl adjacent to an activating group) is 1. The largest absolute Gasteiger partial charge is 0.352 e. The van der Waals surface area contributed by atoms with Crippen molar-refractivity contribution in [2.24, 2.45) is 5.73 Å². The van der Waals surface area contributed by atoms with Crippen molar-refractivity contribution in [1.82, 2.24) is 15.5 Å². The van der Waals surface area contributed by atoms with Gasteiger partial charge >= 0.3 is 6.03 Å². The number of nitrogens with one attached hydrogen (secondary N) is 2. The highest BCUT2D eigenvalue weighted by atomic mass is 16.2. The molecule has 5 nitrogen and oxygen atoms in total. The van der Waals surface area contributed by atoms with E-state index in [1.54, 1.807) is 0 Å². The first kappa shape index (κ1) is 13.3. The molecule has 1 fully saturated rings. The van der Waals surface area contributed by atoms with E-state index in [1.807, 2.05) is 0 Å². The van der Waals surface area contributed by atoms with Gasteiger partial charge in [-0.15, -0.1) is 0 Å². The van der Waals surface area contributed by atoms with Gasteiger partial charge in [0.15, 0.2) is 0 Å². The van der Waals surface area contributed by atoms with Crippen molar-refractivity contribution in [3.63, 3.8) is 0 Å². The normalized spacial score (nSPS) is 25.7. The second-order valence-corrected chi connectivity index (χ2v) is 4.81. The van der Waals surface area contributed by atoms with Crippen molar-refractivity contribution in [2.75, 3.05) is 27.2 Å². The molecule has 5 heteroatoms. The molecular weight excluding hydrogens is 204 g/mol. The maximum Gasteiger partial charge on any atom is 0.312 e. The second kappa shape index (κ2) is 6.70. The maximum absolute atomic E-state index is 10.7. The summed E-state index contributed by atoms with van der Waals surface area (Å²) >= 11 is 0. The summed E-state index contributed by atoms with van der Waals surface area (Å²) in [6.45, 7) is 2.10. The third kappa shape index (κ3) is 5.32. The minimum absolute atomic E-state index is 0.282. The van der Waals surface area contributed by atoms with E-state index in [0.717, 1.165) is 38.8 Å². The highest BCUT2D eigenvalue weighted by molar-refractivity contribution is 5.71. The fourth-order valence-electron chi connectivity index (χ4n) is 2.14. The monoisotopic (exact) mass is 228 g/mol. The van der Waals surface area contributed by atoms with Crippen LogP contribution in [0.25, 0.3) is 0 Å². The maximum atomic E-state index is 10.7. The van der Waals surface area contributed by atoms with Gasteiger partial charge in [-0.25, -0.2) is 4.79 Å². The van der Waals surface area contributed by atoms with Gasteiger partial charge in [-0.3, -0.25) is 0 Å². The van der Waals surface area contributed by atoms with E-state index in [-0.39, 0.29) is 6.04 Å². The number of hydrogen-bond acceptors (Lipinski definition) is 3. The van der Waals surface area contributed by atoms with E-state index in [4.69, 9.17) is 5.73 Å². The van der Waals surface area contributed by atoms with Gasteiger partial charge in [0, 0.05) is 25.2 Å². The second-order valence-electron chi connectivity index (χ2n) is 4.81. The van der Waals surface area contributed by atoms with Crippen LogP contribution in [-0.4, -0.2) is 50.2 Å². The predicted octanol–water partition coefficient (Wildman–Crippen LogP) is 0.117. The van der Waals surface area contributed by atoms with Crippen LogP contribution in [0, 0.1) is 0 Å². The molecule has 4 N–H and O–H groups in total. The molecule has 1 aliphatic rings. The summed E-state index contributed by atoms with van der Waals surface area (Å²) in [6, 6.07) is 0.485. The molecule has 16 heavy (non-hydrogen) atoms. The van der Waals surface area contributed by atoms with Crippen LogP contribution < -0.4 is 16.4 Å². The Morgan fingerprint density at radius 3 is 2.31 bits per heavy atom. The summed E-state index contributed by atoms with van der Waals surface area (Å²) in [5.41, 5.74) is 5.10. The highest BCUT2D eigenvalue weighted by Crippen LogP contribution is 2.18. The standard InChI is InChI=1S/C11H24N4O/c1-15(2)8-7-13-9-3-5-10(6-4-9)14-11(12)16/h9-10,13H,3-8H2,1-2H3,(H3,12,14,16). The molecule has 0 bridgehead atoms. The van der Waals surface area contributed by atoms with Crippen LogP contribution in [0.15, 0.2) is 0 Å². The van der Waals surface area contributed by atoms with E-state index in [0.29, 0.717) is 6.04 Å². The molecule has 1 rings (SSSR count). The fraction of sp³-hybridized carbons (Fsp3) is 0.909. The van der Waals surface area contributed by atoms with Gasteiger partial charge < -0.3 is 21.3 Å². The Bertz CT molecular complexity index is 212. The lowest BCUT2D eigenvalue weighted by molar-refractivity contribution is 0.236. The van der Waals surface area contributed by atoms with Crippen molar-refractivity contribution in [2.45, 2.75) is 37.8 Å². The molecule has 0 atom stereocenters. The summed E-state index contributed by atoms with van der Waals surface area (Å²) in [6.07, 6.45) is 4.31. The van der Waals surface area contributed by atoms with Gasteiger partial charge in [0.1, 0.15) is 0 Å². The Balaban J connectivity index is 2.10. The highest BCUT2D eigenvalue weighted by Gasteiger charge is 2.21. The van der Waals surface area contributed by atoms with Crippen LogP contribution in [0.1, 0.15) is 25.7 Å². The number of rotatable bonds is 5. The fourth-order valence-corrected chi connectivity index (χ4v) is 2.14. The molecule has 1 aliphatic carbocycles. The summed E-state index contributed by atoms with van der Waals surface area (Å²) in [4.78, 5) is 12.9. The molecule has 2 amide bonds. The predicted molar refractivity (Wildman–Crippen MR) is 65.3 cm³/mol. The third-order valence-corrected chi connectivity index (χ3v) is 3.07. The number of carbonyl (C=O) groups is 1. The molecule has 0 radical (unpaired) electrons. The number of carbonyl (C=O) groups excluding carboxylic acids is 1. The minimum Gasteiger partial charge on any atom is -0.352 e. The number of nitrogens with two attached hydrogens (primary N) is 1. The van der Waals surface area contributed by atoms with Gasteiger partial charge in [0.2, 0.25) is 0 Å². The lowest BCUT2D eigenvalue weighted by Gasteiger charge is -2.29. The molecule has 0 unspecified atom stereocenters. The number of primary amides is 1. The Labute approximate surface area is 97.7 Å². The van der Waals surface area contributed by atoms with E-state index in [1.165, 1.54) is 0 Å². The van der Waals surface area contributed by atoms with Gasteiger partial charge in [0.05, 0.1) is 0 Å². The number of urea groups is 1. The summed E-state index contributed by atoms with van der Waals surface area (Å²) in [7, 11) is 4.16. The van der Waals surface area contributed by atoms with Crippen molar-refractivity contribution in [3.05, 3.63) is 0 Å². The van der Waals surface area contributed by atoms with Crippen LogP contribution >= 0.6 is 0 Å². The molecule has 0 spiro atoms. The molecule has 0 aliphatic heterocycles. The lowest BCUT2D eigenvalue weighted by atomic mass is 9.91. The Kier molecular flexibility index (Phi) is 5.55. The zero-order valence-electron chi connectivity index (χ0n) is 10.3. The van der Waals surface area contributed by atoms with Gasteiger partial charge in [0.25, 0.3) is 0 Å². The number of nitrogens with zero attached hydrogens (tertiary/aromatic N) is 1. The summed E-state index contributed by atoms with van der Waals surface area (Å²) < 4.78 is 0. The molecule has 1 saturated carbocycles. The zero-order chi connectivity index (χ0) is 12.0. The molecular formula is C11H24N4O.